The van der Waals surface area contributed by atoms with Crippen LogP contribution in [-0.4, -0.2) is 22.4 Å². The van der Waals surface area contributed by atoms with Gasteiger partial charge in [0.2, 0.25) is 5.78 Å². The molecule has 2 aromatic heterocycles. The van der Waals surface area contributed by atoms with Crippen LogP contribution in [0.4, 0.5) is 0 Å². The van der Waals surface area contributed by atoms with Gasteiger partial charge in [-0.3, -0.25) is 14.7 Å². The molecule has 1 aromatic carbocycles. The molecule has 0 atom stereocenters. The van der Waals surface area contributed by atoms with Crippen LogP contribution in [0.5, 0.6) is 11.5 Å². The summed E-state index contributed by atoms with van der Waals surface area (Å²) in [4.78, 5) is 18.9. The highest BCUT2D eigenvalue weighted by Crippen LogP contribution is 2.42. The first-order valence-corrected chi connectivity index (χ1v) is 8.65. The van der Waals surface area contributed by atoms with Crippen molar-refractivity contribution in [1.82, 2.24) is 9.88 Å². The van der Waals surface area contributed by atoms with Crippen molar-refractivity contribution in [2.45, 2.75) is 13.1 Å². The minimum Gasteiger partial charge on any atom is -0.478 e. The van der Waals surface area contributed by atoms with E-state index in [1.807, 2.05) is 30.3 Å². The van der Waals surface area contributed by atoms with Gasteiger partial charge in [0.05, 0.1) is 23.9 Å². The molecule has 6 heteroatoms. The summed E-state index contributed by atoms with van der Waals surface area (Å²) in [6.07, 6.45) is 6.75. The largest absolute Gasteiger partial charge is 0.478 e. The van der Waals surface area contributed by atoms with Crippen LogP contribution in [0.25, 0.3) is 6.08 Å². The van der Waals surface area contributed by atoms with Crippen molar-refractivity contribution in [3.05, 3.63) is 83.3 Å². The minimum atomic E-state index is -0.125. The van der Waals surface area contributed by atoms with Gasteiger partial charge in [0.15, 0.2) is 5.76 Å². The summed E-state index contributed by atoms with van der Waals surface area (Å²) in [5, 5.41) is 0. The lowest BCUT2D eigenvalue weighted by atomic mass is 10.0. The molecule has 0 bridgehead atoms. The van der Waals surface area contributed by atoms with Gasteiger partial charge in [0.25, 0.3) is 0 Å². The van der Waals surface area contributed by atoms with Crippen LogP contribution in [0.2, 0.25) is 0 Å². The maximum atomic E-state index is 12.7. The molecule has 5 rings (SSSR count). The van der Waals surface area contributed by atoms with Gasteiger partial charge in [-0.25, -0.2) is 0 Å². The lowest BCUT2D eigenvalue weighted by Crippen LogP contribution is -2.31. The predicted molar refractivity (Wildman–Crippen MR) is 97.1 cm³/mol. The number of allylic oxidation sites excluding steroid dienone is 1. The number of benzene rings is 1. The Balaban J connectivity index is 1.45. The third kappa shape index (κ3) is 2.90. The van der Waals surface area contributed by atoms with Gasteiger partial charge in [-0.1, -0.05) is 6.07 Å². The highest BCUT2D eigenvalue weighted by molar-refractivity contribution is 6.15. The molecule has 0 radical (unpaired) electrons. The first-order chi connectivity index (χ1) is 13.3. The lowest BCUT2D eigenvalue weighted by Gasteiger charge is -2.29. The SMILES string of the molecule is O=C1/C(=C/c2cccnc2)Oc2c1ccc1c2CN(Cc2ccco2)CO1. The molecular formula is C21H16N2O4. The molecule has 0 fully saturated rings. The highest BCUT2D eigenvalue weighted by atomic mass is 16.5. The minimum absolute atomic E-state index is 0.125. The molecule has 0 saturated carbocycles. The van der Waals surface area contributed by atoms with E-state index < -0.39 is 0 Å². The summed E-state index contributed by atoms with van der Waals surface area (Å²) in [5.74, 6) is 2.37. The van der Waals surface area contributed by atoms with Gasteiger partial charge in [0.1, 0.15) is 24.0 Å². The van der Waals surface area contributed by atoms with Gasteiger partial charge in [-0.15, -0.1) is 0 Å². The first-order valence-electron chi connectivity index (χ1n) is 8.65. The Bertz CT molecular complexity index is 1030. The quantitative estimate of drug-likeness (QED) is 0.665. The van der Waals surface area contributed by atoms with Crippen molar-refractivity contribution in [2.75, 3.05) is 6.73 Å². The van der Waals surface area contributed by atoms with Crippen LogP contribution < -0.4 is 9.47 Å². The van der Waals surface area contributed by atoms with Crippen LogP contribution in [0, 0.1) is 0 Å². The number of aromatic nitrogens is 1. The van der Waals surface area contributed by atoms with E-state index in [0.717, 1.165) is 22.6 Å². The number of carbonyl (C=O) groups is 1. The molecule has 0 N–H and O–H groups in total. The van der Waals surface area contributed by atoms with Gasteiger partial charge in [-0.2, -0.15) is 0 Å². The van der Waals surface area contributed by atoms with Crippen LogP contribution in [-0.2, 0) is 13.1 Å². The zero-order valence-corrected chi connectivity index (χ0v) is 14.4. The zero-order chi connectivity index (χ0) is 18.2. The summed E-state index contributed by atoms with van der Waals surface area (Å²) in [7, 11) is 0. The summed E-state index contributed by atoms with van der Waals surface area (Å²) in [5.41, 5.74) is 2.26. The van der Waals surface area contributed by atoms with E-state index in [4.69, 9.17) is 13.9 Å². The van der Waals surface area contributed by atoms with E-state index in [1.54, 1.807) is 30.8 Å². The average Bonchev–Trinajstić information content (AvgIpc) is 3.31. The Morgan fingerprint density at radius 3 is 2.96 bits per heavy atom. The smallest absolute Gasteiger partial charge is 0.231 e. The van der Waals surface area contributed by atoms with E-state index >= 15 is 0 Å². The normalized spacial score (nSPS) is 17.3. The van der Waals surface area contributed by atoms with Crippen molar-refractivity contribution in [3.8, 4) is 11.5 Å². The molecule has 0 saturated heterocycles. The van der Waals surface area contributed by atoms with E-state index in [2.05, 4.69) is 9.88 Å². The summed E-state index contributed by atoms with van der Waals surface area (Å²) >= 11 is 0. The molecule has 0 spiro atoms. The number of furan rings is 1. The Labute approximate surface area is 155 Å². The fourth-order valence-corrected chi connectivity index (χ4v) is 3.34. The Hall–Kier alpha value is -3.38. The number of hydrogen-bond donors (Lipinski definition) is 0. The molecule has 4 heterocycles. The number of pyridine rings is 1. The number of nitrogens with zero attached hydrogens (tertiary/aromatic N) is 2. The van der Waals surface area contributed by atoms with Crippen LogP contribution in [0.15, 0.2) is 65.2 Å². The van der Waals surface area contributed by atoms with E-state index in [-0.39, 0.29) is 5.78 Å². The molecule has 2 aliphatic heterocycles. The maximum absolute atomic E-state index is 12.7. The number of Topliss-reactive ketones (excluding diaryl/α,β-unsaturated/α-hetero) is 1. The number of ketones is 1. The Morgan fingerprint density at radius 2 is 2.15 bits per heavy atom. The third-order valence-electron chi connectivity index (χ3n) is 4.62. The number of fused-ring (bicyclic) bond motifs is 3. The molecular weight excluding hydrogens is 344 g/mol. The fourth-order valence-electron chi connectivity index (χ4n) is 3.34. The standard InChI is InChI=1S/C21H16N2O4/c24-20-16-5-6-18-17(12-23(13-26-18)11-15-4-2-8-25-15)21(16)27-19(20)9-14-3-1-7-22-10-14/h1-10H,11-13H2/b19-9-. The monoisotopic (exact) mass is 360 g/mol. The number of carbonyl (C=O) groups excluding carboxylic acids is 1. The molecule has 0 amide bonds. The second-order valence-corrected chi connectivity index (χ2v) is 6.48. The molecule has 134 valence electrons. The first kappa shape index (κ1) is 15.8. The molecule has 2 aliphatic rings. The summed E-state index contributed by atoms with van der Waals surface area (Å²) in [6.45, 7) is 1.70. The van der Waals surface area contributed by atoms with E-state index in [1.165, 1.54) is 0 Å². The van der Waals surface area contributed by atoms with Gasteiger partial charge in [0, 0.05) is 18.9 Å². The van der Waals surface area contributed by atoms with Crippen molar-refractivity contribution >= 4 is 11.9 Å². The van der Waals surface area contributed by atoms with Crippen molar-refractivity contribution in [3.63, 3.8) is 0 Å². The average molecular weight is 360 g/mol. The third-order valence-corrected chi connectivity index (χ3v) is 4.62. The second-order valence-electron chi connectivity index (χ2n) is 6.48. The van der Waals surface area contributed by atoms with Crippen LogP contribution >= 0.6 is 0 Å². The van der Waals surface area contributed by atoms with Crippen molar-refractivity contribution in [1.29, 1.82) is 0 Å². The van der Waals surface area contributed by atoms with Gasteiger partial charge in [-0.05, 0) is 42.0 Å². The van der Waals surface area contributed by atoms with Crippen molar-refractivity contribution in [2.24, 2.45) is 0 Å². The Morgan fingerprint density at radius 1 is 1.19 bits per heavy atom. The number of rotatable bonds is 3. The lowest BCUT2D eigenvalue weighted by molar-refractivity contribution is 0.0810. The topological polar surface area (TPSA) is 64.8 Å². The van der Waals surface area contributed by atoms with E-state index in [9.17, 15) is 4.79 Å². The van der Waals surface area contributed by atoms with Crippen LogP contribution in [0.3, 0.4) is 0 Å². The summed E-state index contributed by atoms with van der Waals surface area (Å²) in [6, 6.07) is 11.1. The van der Waals surface area contributed by atoms with Crippen molar-refractivity contribution < 1.29 is 18.7 Å². The predicted octanol–water partition coefficient (Wildman–Crippen LogP) is 3.64. The number of hydrogen-bond acceptors (Lipinski definition) is 6. The van der Waals surface area contributed by atoms with E-state index in [0.29, 0.717) is 36.9 Å². The molecule has 0 unspecified atom stereocenters. The maximum Gasteiger partial charge on any atom is 0.231 e. The van der Waals surface area contributed by atoms with Gasteiger partial charge < -0.3 is 13.9 Å². The van der Waals surface area contributed by atoms with Gasteiger partial charge >= 0.3 is 0 Å². The number of ether oxygens (including phenoxy) is 2. The van der Waals surface area contributed by atoms with Crippen LogP contribution in [0.1, 0.15) is 27.2 Å². The molecule has 3 aromatic rings. The highest BCUT2D eigenvalue weighted by Gasteiger charge is 2.33. The summed E-state index contributed by atoms with van der Waals surface area (Å²) < 4.78 is 17.2. The Kier molecular flexibility index (Phi) is 3.76. The molecule has 0 aliphatic carbocycles. The zero-order valence-electron chi connectivity index (χ0n) is 14.4. The molecule has 27 heavy (non-hydrogen) atoms. The second kappa shape index (κ2) is 6.41. The fraction of sp³-hybridized carbons (Fsp3) is 0.143. The molecule has 6 nitrogen and oxygen atoms in total.